The van der Waals surface area contributed by atoms with Gasteiger partial charge in [0.1, 0.15) is 0 Å². The minimum Gasteiger partial charge on any atom is -0.465 e. The lowest BCUT2D eigenvalue weighted by Gasteiger charge is -2.45. The number of carbonyl (C=O) groups is 1. The molecule has 0 aliphatic carbocycles. The molecule has 1 heterocycles. The second kappa shape index (κ2) is 8.28. The van der Waals surface area contributed by atoms with Crippen molar-refractivity contribution in [2.24, 2.45) is 0 Å². The third-order valence-corrected chi connectivity index (χ3v) is 11.5. The Labute approximate surface area is 184 Å². The average molecular weight is 435 g/mol. The molecule has 1 aromatic carbocycles. The molecule has 0 fully saturated rings. The Kier molecular flexibility index (Phi) is 6.87. The summed E-state index contributed by atoms with van der Waals surface area (Å²) in [6, 6.07) is 6.14. The van der Waals surface area contributed by atoms with E-state index in [9.17, 15) is 9.90 Å². The third-order valence-electron chi connectivity index (χ3n) is 6.94. The summed E-state index contributed by atoms with van der Waals surface area (Å²) in [6.07, 6.45) is 0.00605. The molecule has 0 unspecified atom stereocenters. The number of benzene rings is 1. The number of amides is 1. The van der Waals surface area contributed by atoms with Crippen LogP contribution in [0.15, 0.2) is 18.2 Å². The van der Waals surface area contributed by atoms with E-state index >= 15 is 0 Å². The van der Waals surface area contributed by atoms with Crippen molar-refractivity contribution < 1.29 is 14.3 Å². The fraction of sp³-hybridized carbons (Fsp3) is 0.708. The van der Waals surface area contributed by atoms with Gasteiger partial charge in [-0.3, -0.25) is 9.80 Å². The first-order valence-corrected chi connectivity index (χ1v) is 13.9. The normalized spacial score (nSPS) is 17.5. The van der Waals surface area contributed by atoms with Crippen LogP contribution in [0.1, 0.15) is 66.5 Å². The van der Waals surface area contributed by atoms with E-state index in [1.54, 1.807) is 0 Å². The van der Waals surface area contributed by atoms with E-state index in [1.165, 1.54) is 16.0 Å². The molecule has 2 rings (SSSR count). The van der Waals surface area contributed by atoms with Crippen molar-refractivity contribution >= 4 is 20.1 Å². The van der Waals surface area contributed by atoms with Crippen LogP contribution in [0.3, 0.4) is 0 Å². The van der Waals surface area contributed by atoms with Gasteiger partial charge in [0.15, 0.2) is 8.32 Å². The Morgan fingerprint density at radius 1 is 1.20 bits per heavy atom. The fourth-order valence-electron chi connectivity index (χ4n) is 4.03. The van der Waals surface area contributed by atoms with Gasteiger partial charge in [-0.15, -0.1) is 0 Å². The average Bonchev–Trinajstić information content (AvgIpc) is 2.54. The van der Waals surface area contributed by atoms with Crippen LogP contribution in [0.4, 0.5) is 10.5 Å². The maximum atomic E-state index is 11.9. The van der Waals surface area contributed by atoms with Crippen molar-refractivity contribution in [3.8, 4) is 0 Å². The van der Waals surface area contributed by atoms with Gasteiger partial charge < -0.3 is 9.53 Å². The van der Waals surface area contributed by atoms with E-state index in [-0.39, 0.29) is 10.6 Å². The number of hydrogen-bond donors (Lipinski definition) is 1. The van der Waals surface area contributed by atoms with Crippen molar-refractivity contribution in [1.82, 2.24) is 4.90 Å². The van der Waals surface area contributed by atoms with Crippen molar-refractivity contribution in [1.29, 1.82) is 0 Å². The molecule has 30 heavy (non-hydrogen) atoms. The van der Waals surface area contributed by atoms with Gasteiger partial charge in [0.25, 0.3) is 0 Å². The van der Waals surface area contributed by atoms with Gasteiger partial charge >= 0.3 is 6.09 Å². The number of hydrogen-bond acceptors (Lipinski definition) is 3. The molecule has 1 N–H and O–H groups in total. The minimum absolute atomic E-state index is 0.112. The molecule has 0 aromatic heterocycles. The smallest absolute Gasteiger partial charge is 0.412 e. The minimum atomic E-state index is -1.74. The lowest BCUT2D eigenvalue weighted by molar-refractivity contribution is 0.0844. The zero-order chi connectivity index (χ0) is 23.1. The predicted molar refractivity (Wildman–Crippen MR) is 128 cm³/mol. The number of fused-ring (bicyclic) bond motifs is 1. The Bertz CT molecular complexity index is 776. The molecule has 5 nitrogen and oxygen atoms in total. The number of rotatable bonds is 5. The first-order chi connectivity index (χ1) is 13.5. The molecule has 1 aromatic rings. The van der Waals surface area contributed by atoms with Crippen LogP contribution >= 0.6 is 0 Å². The maximum Gasteiger partial charge on any atom is 0.412 e. The highest BCUT2D eigenvalue weighted by Gasteiger charge is 2.39. The van der Waals surface area contributed by atoms with Gasteiger partial charge in [-0.25, -0.2) is 4.79 Å². The zero-order valence-electron chi connectivity index (χ0n) is 20.7. The van der Waals surface area contributed by atoms with E-state index < -0.39 is 19.9 Å². The molecular formula is C24H42N2O3Si. The molecule has 0 atom stereocenters. The first kappa shape index (κ1) is 24.9. The van der Waals surface area contributed by atoms with Crippen molar-refractivity contribution in [2.45, 2.75) is 91.0 Å². The standard InChI is InChI=1S/C24H42N2O3Si/c1-22(2,3)26(21(27)28)19-11-12-20-18(17-19)13-14-25(24(20,7)8)15-16-29-30(9,10)23(4,5)6/h11-12,17H,13-16H2,1-10H3,(H,27,28). The van der Waals surface area contributed by atoms with Gasteiger partial charge in [0.05, 0.1) is 0 Å². The molecular weight excluding hydrogens is 392 g/mol. The summed E-state index contributed by atoms with van der Waals surface area (Å²) in [5.74, 6) is 0. The van der Waals surface area contributed by atoms with Crippen LogP contribution in [0.2, 0.25) is 18.1 Å². The van der Waals surface area contributed by atoms with Gasteiger partial charge in [-0.1, -0.05) is 26.8 Å². The second-order valence-electron chi connectivity index (χ2n) is 11.5. The van der Waals surface area contributed by atoms with Crippen molar-refractivity contribution in [2.75, 3.05) is 24.6 Å². The summed E-state index contributed by atoms with van der Waals surface area (Å²) in [4.78, 5) is 15.8. The number of nitrogens with zero attached hydrogens (tertiary/aromatic N) is 2. The van der Waals surface area contributed by atoms with Crippen LogP contribution in [-0.4, -0.2) is 49.7 Å². The highest BCUT2D eigenvalue weighted by atomic mass is 28.4. The Morgan fingerprint density at radius 2 is 1.80 bits per heavy atom. The Hall–Kier alpha value is -1.37. The van der Waals surface area contributed by atoms with E-state index in [0.717, 1.165) is 31.8 Å². The first-order valence-electron chi connectivity index (χ1n) is 11.0. The maximum absolute atomic E-state index is 11.9. The molecule has 0 spiro atoms. The molecule has 1 aliphatic rings. The summed E-state index contributed by atoms with van der Waals surface area (Å²) in [6.45, 7) is 24.3. The summed E-state index contributed by atoms with van der Waals surface area (Å²) in [5.41, 5.74) is 2.67. The molecule has 170 valence electrons. The van der Waals surface area contributed by atoms with E-state index in [1.807, 2.05) is 26.8 Å². The summed E-state index contributed by atoms with van der Waals surface area (Å²) < 4.78 is 6.42. The lowest BCUT2D eigenvalue weighted by atomic mass is 9.83. The SMILES string of the molecule is CC(C)(C)N(C(=O)O)c1ccc2c(c1)CCN(CCO[Si](C)(C)C(C)(C)C)C2(C)C. The summed E-state index contributed by atoms with van der Waals surface area (Å²) in [5, 5.41) is 9.96. The largest absolute Gasteiger partial charge is 0.465 e. The predicted octanol–water partition coefficient (Wildman–Crippen LogP) is 6.08. The van der Waals surface area contributed by atoms with Gasteiger partial charge in [0, 0.05) is 36.5 Å². The van der Waals surface area contributed by atoms with E-state index in [0.29, 0.717) is 0 Å². The number of carboxylic acid groups (broad SMARTS) is 1. The summed E-state index contributed by atoms with van der Waals surface area (Å²) >= 11 is 0. The van der Waals surface area contributed by atoms with Gasteiger partial charge in [-0.05, 0) is 82.4 Å². The fourth-order valence-corrected chi connectivity index (χ4v) is 5.07. The monoisotopic (exact) mass is 434 g/mol. The summed E-state index contributed by atoms with van der Waals surface area (Å²) in [7, 11) is -1.74. The molecule has 6 heteroatoms. The lowest BCUT2D eigenvalue weighted by Crippen LogP contribution is -2.50. The van der Waals surface area contributed by atoms with Crippen LogP contribution < -0.4 is 4.90 Å². The molecule has 1 aliphatic heterocycles. The molecule has 0 saturated heterocycles. The van der Waals surface area contributed by atoms with Crippen molar-refractivity contribution in [3.05, 3.63) is 29.3 Å². The second-order valence-corrected chi connectivity index (χ2v) is 16.3. The highest BCUT2D eigenvalue weighted by Crippen LogP contribution is 2.39. The van der Waals surface area contributed by atoms with Crippen LogP contribution in [0, 0.1) is 0 Å². The molecule has 0 bridgehead atoms. The quantitative estimate of drug-likeness (QED) is 0.570. The van der Waals surface area contributed by atoms with E-state index in [2.05, 4.69) is 64.7 Å². The van der Waals surface area contributed by atoms with Crippen molar-refractivity contribution in [3.63, 3.8) is 0 Å². The van der Waals surface area contributed by atoms with Crippen LogP contribution in [0.25, 0.3) is 0 Å². The highest BCUT2D eigenvalue weighted by molar-refractivity contribution is 6.74. The third kappa shape index (κ3) is 5.09. The Balaban J connectivity index is 2.20. The van der Waals surface area contributed by atoms with Gasteiger partial charge in [0.2, 0.25) is 0 Å². The van der Waals surface area contributed by atoms with Crippen LogP contribution in [0.5, 0.6) is 0 Å². The van der Waals surface area contributed by atoms with E-state index in [4.69, 9.17) is 4.43 Å². The zero-order valence-corrected chi connectivity index (χ0v) is 21.7. The molecule has 0 radical (unpaired) electrons. The topological polar surface area (TPSA) is 53.0 Å². The van der Waals surface area contributed by atoms with Crippen LogP contribution in [-0.2, 0) is 16.4 Å². The Morgan fingerprint density at radius 3 is 2.30 bits per heavy atom. The molecule has 0 saturated carbocycles. The molecule has 1 amide bonds. The number of anilines is 1. The van der Waals surface area contributed by atoms with Gasteiger partial charge in [-0.2, -0.15) is 0 Å².